The zero-order valence-electron chi connectivity index (χ0n) is 14.6. The molecule has 6 nitrogen and oxygen atoms in total. The molecule has 1 atom stereocenters. The van der Waals surface area contributed by atoms with Gasteiger partial charge in [0.15, 0.2) is 0 Å². The van der Waals surface area contributed by atoms with E-state index in [0.717, 1.165) is 19.5 Å². The van der Waals surface area contributed by atoms with Gasteiger partial charge in [-0.2, -0.15) is 0 Å². The van der Waals surface area contributed by atoms with Gasteiger partial charge in [0, 0.05) is 25.6 Å². The standard InChI is InChI=1S/C17H22FN5O.ClH/c1-11(2)16-20-15(17(24)22(3)12-8-9-19-10-12)21-23(16)14-7-5-4-6-13(14)18;/h4-7,11-12,19H,8-10H2,1-3H3;1H. The van der Waals surface area contributed by atoms with Crippen molar-refractivity contribution in [3.63, 3.8) is 0 Å². The second-order valence-electron chi connectivity index (χ2n) is 6.37. The fourth-order valence-corrected chi connectivity index (χ4v) is 2.88. The average Bonchev–Trinajstić information content (AvgIpc) is 3.23. The van der Waals surface area contributed by atoms with Gasteiger partial charge in [0.1, 0.15) is 17.3 Å². The first-order chi connectivity index (χ1) is 11.5. The molecule has 1 aromatic carbocycles. The number of aromatic nitrogens is 3. The van der Waals surface area contributed by atoms with Crippen LogP contribution in [0.2, 0.25) is 0 Å². The number of rotatable bonds is 4. The van der Waals surface area contributed by atoms with Crippen molar-refractivity contribution >= 4 is 18.3 Å². The number of benzene rings is 1. The van der Waals surface area contributed by atoms with Gasteiger partial charge in [0.2, 0.25) is 5.82 Å². The molecule has 1 aromatic heterocycles. The van der Waals surface area contributed by atoms with Crippen LogP contribution < -0.4 is 5.32 Å². The summed E-state index contributed by atoms with van der Waals surface area (Å²) in [5.41, 5.74) is 0.304. The quantitative estimate of drug-likeness (QED) is 0.901. The SMILES string of the molecule is CC(C)c1nc(C(=O)N(C)C2CCNC2)nn1-c1ccccc1F.Cl. The Morgan fingerprint density at radius 3 is 2.72 bits per heavy atom. The molecular weight excluding hydrogens is 345 g/mol. The van der Waals surface area contributed by atoms with Crippen LogP contribution in [0.1, 0.15) is 42.6 Å². The van der Waals surface area contributed by atoms with Crippen LogP contribution in [0, 0.1) is 5.82 Å². The summed E-state index contributed by atoms with van der Waals surface area (Å²) in [6, 6.07) is 6.51. The lowest BCUT2D eigenvalue weighted by Crippen LogP contribution is -2.38. The van der Waals surface area contributed by atoms with Crippen molar-refractivity contribution in [2.75, 3.05) is 20.1 Å². The minimum Gasteiger partial charge on any atom is -0.335 e. The smallest absolute Gasteiger partial charge is 0.293 e. The molecule has 0 aliphatic carbocycles. The fraction of sp³-hybridized carbons (Fsp3) is 0.471. The predicted octanol–water partition coefficient (Wildman–Crippen LogP) is 2.39. The third kappa shape index (κ3) is 3.82. The van der Waals surface area contributed by atoms with E-state index in [0.29, 0.717) is 11.5 Å². The summed E-state index contributed by atoms with van der Waals surface area (Å²) in [5.74, 6) is 0.0622. The molecule has 1 fully saturated rings. The van der Waals surface area contributed by atoms with Gasteiger partial charge in [0.05, 0.1) is 0 Å². The maximum absolute atomic E-state index is 14.1. The van der Waals surface area contributed by atoms with Gasteiger partial charge < -0.3 is 10.2 Å². The van der Waals surface area contributed by atoms with Crippen molar-refractivity contribution in [1.29, 1.82) is 0 Å². The molecule has 2 heterocycles. The molecule has 136 valence electrons. The number of amides is 1. The van der Waals surface area contributed by atoms with Crippen LogP contribution in [0.25, 0.3) is 5.69 Å². The molecule has 1 aliphatic rings. The van der Waals surface area contributed by atoms with Crippen LogP contribution in [-0.4, -0.2) is 51.8 Å². The largest absolute Gasteiger partial charge is 0.335 e. The lowest BCUT2D eigenvalue weighted by Gasteiger charge is -2.22. The lowest BCUT2D eigenvalue weighted by atomic mass is 10.2. The monoisotopic (exact) mass is 367 g/mol. The summed E-state index contributed by atoms with van der Waals surface area (Å²) in [5, 5.41) is 7.55. The predicted molar refractivity (Wildman–Crippen MR) is 96.0 cm³/mol. The summed E-state index contributed by atoms with van der Waals surface area (Å²) in [6.07, 6.45) is 0.910. The first kappa shape index (κ1) is 19.3. The van der Waals surface area contributed by atoms with Crippen LogP contribution in [0.4, 0.5) is 4.39 Å². The Hall–Kier alpha value is -1.99. The van der Waals surface area contributed by atoms with Crippen LogP contribution >= 0.6 is 12.4 Å². The number of nitrogens with one attached hydrogen (secondary N) is 1. The van der Waals surface area contributed by atoms with Crippen molar-refractivity contribution in [2.45, 2.75) is 32.2 Å². The number of para-hydroxylation sites is 1. The van der Waals surface area contributed by atoms with Crippen molar-refractivity contribution in [3.8, 4) is 5.69 Å². The topological polar surface area (TPSA) is 63.1 Å². The minimum absolute atomic E-state index is 0. The third-order valence-corrected chi connectivity index (χ3v) is 4.32. The zero-order chi connectivity index (χ0) is 17.3. The second kappa shape index (κ2) is 7.93. The summed E-state index contributed by atoms with van der Waals surface area (Å²) in [6.45, 7) is 5.56. The highest BCUT2D eigenvalue weighted by Gasteiger charge is 2.28. The molecule has 0 saturated carbocycles. The fourth-order valence-electron chi connectivity index (χ4n) is 2.88. The van der Waals surface area contributed by atoms with Crippen molar-refractivity contribution < 1.29 is 9.18 Å². The number of hydrogen-bond donors (Lipinski definition) is 1. The van der Waals surface area contributed by atoms with E-state index in [1.807, 2.05) is 13.8 Å². The van der Waals surface area contributed by atoms with Gasteiger partial charge >= 0.3 is 0 Å². The van der Waals surface area contributed by atoms with Crippen LogP contribution in [-0.2, 0) is 0 Å². The van der Waals surface area contributed by atoms with E-state index in [-0.39, 0.29) is 36.1 Å². The summed E-state index contributed by atoms with van der Waals surface area (Å²) >= 11 is 0. The highest BCUT2D eigenvalue weighted by atomic mass is 35.5. The van der Waals surface area contributed by atoms with Crippen molar-refractivity contribution in [1.82, 2.24) is 25.0 Å². The van der Waals surface area contributed by atoms with Crippen LogP contribution in [0.5, 0.6) is 0 Å². The molecule has 1 N–H and O–H groups in total. The third-order valence-electron chi connectivity index (χ3n) is 4.32. The van der Waals surface area contributed by atoms with Gasteiger partial charge in [0.25, 0.3) is 5.91 Å². The molecule has 2 aromatic rings. The molecule has 1 aliphatic heterocycles. The number of carbonyl (C=O) groups excluding carboxylic acids is 1. The Labute approximate surface area is 152 Å². The van der Waals surface area contributed by atoms with Gasteiger partial charge in [-0.1, -0.05) is 26.0 Å². The maximum Gasteiger partial charge on any atom is 0.293 e. The van der Waals surface area contributed by atoms with Gasteiger partial charge in [-0.3, -0.25) is 4.79 Å². The molecule has 0 radical (unpaired) electrons. The Morgan fingerprint density at radius 2 is 2.12 bits per heavy atom. The van der Waals surface area contributed by atoms with Gasteiger partial charge in [-0.25, -0.2) is 14.1 Å². The number of hydrogen-bond acceptors (Lipinski definition) is 4. The number of nitrogens with zero attached hydrogens (tertiary/aromatic N) is 4. The lowest BCUT2D eigenvalue weighted by molar-refractivity contribution is 0.0731. The normalized spacial score (nSPS) is 16.8. The molecular formula is C17H23ClFN5O. The van der Waals surface area contributed by atoms with E-state index in [1.54, 1.807) is 30.1 Å². The first-order valence-electron chi connectivity index (χ1n) is 8.18. The Balaban J connectivity index is 0.00000225. The minimum atomic E-state index is -0.392. The van der Waals surface area contributed by atoms with E-state index in [9.17, 15) is 9.18 Å². The molecule has 0 bridgehead atoms. The molecule has 1 unspecified atom stereocenters. The van der Waals surface area contributed by atoms with Gasteiger partial charge in [-0.05, 0) is 25.1 Å². The molecule has 1 amide bonds. The number of carbonyl (C=O) groups is 1. The summed E-state index contributed by atoms with van der Waals surface area (Å²) in [4.78, 5) is 18.8. The van der Waals surface area contributed by atoms with E-state index in [2.05, 4.69) is 15.4 Å². The van der Waals surface area contributed by atoms with E-state index >= 15 is 0 Å². The maximum atomic E-state index is 14.1. The molecule has 1 saturated heterocycles. The molecule has 8 heteroatoms. The molecule has 25 heavy (non-hydrogen) atoms. The van der Waals surface area contributed by atoms with Crippen molar-refractivity contribution in [3.05, 3.63) is 41.7 Å². The van der Waals surface area contributed by atoms with Crippen molar-refractivity contribution in [2.24, 2.45) is 0 Å². The number of halogens is 2. The van der Waals surface area contributed by atoms with Crippen LogP contribution in [0.3, 0.4) is 0 Å². The summed E-state index contributed by atoms with van der Waals surface area (Å²) in [7, 11) is 1.76. The zero-order valence-corrected chi connectivity index (χ0v) is 15.4. The Morgan fingerprint density at radius 1 is 1.40 bits per heavy atom. The Kier molecular flexibility index (Phi) is 6.13. The average molecular weight is 368 g/mol. The molecule has 0 spiro atoms. The van der Waals surface area contributed by atoms with E-state index in [1.165, 1.54) is 10.7 Å². The second-order valence-corrected chi connectivity index (χ2v) is 6.37. The van der Waals surface area contributed by atoms with Crippen LogP contribution in [0.15, 0.2) is 24.3 Å². The highest BCUT2D eigenvalue weighted by molar-refractivity contribution is 5.90. The van der Waals surface area contributed by atoms with Gasteiger partial charge in [-0.15, -0.1) is 17.5 Å². The Bertz CT molecular complexity index is 742. The molecule has 3 rings (SSSR count). The van der Waals surface area contributed by atoms with E-state index in [4.69, 9.17) is 0 Å². The summed E-state index contributed by atoms with van der Waals surface area (Å²) < 4.78 is 15.6. The highest BCUT2D eigenvalue weighted by Crippen LogP contribution is 2.20. The number of likely N-dealkylation sites (N-methyl/N-ethyl adjacent to an activating group) is 1. The van der Waals surface area contributed by atoms with E-state index < -0.39 is 5.82 Å². The first-order valence-corrected chi connectivity index (χ1v) is 8.18.